The molecule has 0 aliphatic carbocycles. The third-order valence-electron chi connectivity index (χ3n) is 0.390. The van der Waals surface area contributed by atoms with Crippen molar-refractivity contribution < 1.29 is 32.7 Å². The summed E-state index contributed by atoms with van der Waals surface area (Å²) < 4.78 is 0. The average Bonchev–Trinajstić information content (AvgIpc) is 1.88. The second-order valence-electron chi connectivity index (χ2n) is 0.884. The third kappa shape index (κ3) is 28.8. The van der Waals surface area contributed by atoms with Crippen molar-refractivity contribution in [1.29, 1.82) is 0 Å². The van der Waals surface area contributed by atoms with Crippen molar-refractivity contribution in [2.75, 3.05) is 6.54 Å². The summed E-state index contributed by atoms with van der Waals surface area (Å²) in [4.78, 5) is 0. The van der Waals surface area contributed by atoms with Crippen LogP contribution in [0, 0.1) is 11.8 Å². The topological polar surface area (TPSA) is 23.8 Å². The van der Waals surface area contributed by atoms with Crippen molar-refractivity contribution in [2.24, 2.45) is 0 Å². The van der Waals surface area contributed by atoms with E-state index >= 15 is 0 Å². The predicted octanol–water partition coefficient (Wildman–Crippen LogP) is 2.48. The van der Waals surface area contributed by atoms with E-state index in [1.54, 1.807) is 0 Å². The molecule has 0 fully saturated rings. The van der Waals surface area contributed by atoms with E-state index in [4.69, 9.17) is 5.73 Å². The predicted molar refractivity (Wildman–Crippen MR) is 38.6 cm³/mol. The summed E-state index contributed by atoms with van der Waals surface area (Å²) in [5, 5.41) is 0. The molecule has 0 aliphatic heterocycles. The molecule has 0 heterocycles. The molecule has 51 valence electrons. The molecule has 9 heavy (non-hydrogen) atoms. The van der Waals surface area contributed by atoms with Gasteiger partial charge in [-0.05, 0) is 0 Å². The van der Waals surface area contributed by atoms with E-state index in [0.717, 1.165) is 6.42 Å². The monoisotopic (exact) mass is 201 g/mol. The Labute approximate surface area is 83.7 Å². The standard InChI is InChI=1S/C5H8N.C2H6.Y/c1-2-3-4-5-6;1-2;/h6H,2,5H2,1H3;1-2H3;/q-1;;. The van der Waals surface area contributed by atoms with Gasteiger partial charge in [0.15, 0.2) is 0 Å². The normalized spacial score (nSPS) is 4.89. The Morgan fingerprint density at radius 3 is 1.78 bits per heavy atom. The van der Waals surface area contributed by atoms with Crippen LogP contribution in [0.5, 0.6) is 0 Å². The largest absolute Gasteiger partial charge is 0.667 e. The summed E-state index contributed by atoms with van der Waals surface area (Å²) in [7, 11) is 0. The van der Waals surface area contributed by atoms with Gasteiger partial charge in [0, 0.05) is 39.1 Å². The van der Waals surface area contributed by atoms with E-state index in [1.165, 1.54) is 0 Å². The maximum atomic E-state index is 6.53. The third-order valence-corrected chi connectivity index (χ3v) is 0.390. The minimum absolute atomic E-state index is 0. The van der Waals surface area contributed by atoms with E-state index in [-0.39, 0.29) is 39.3 Å². The van der Waals surface area contributed by atoms with E-state index in [0.29, 0.717) is 0 Å². The number of hydrogen-bond acceptors (Lipinski definition) is 0. The minimum Gasteiger partial charge on any atom is -0.667 e. The van der Waals surface area contributed by atoms with Crippen molar-refractivity contribution in [3.05, 3.63) is 5.73 Å². The van der Waals surface area contributed by atoms with Crippen molar-refractivity contribution in [1.82, 2.24) is 0 Å². The van der Waals surface area contributed by atoms with Gasteiger partial charge < -0.3 is 5.73 Å². The smallest absolute Gasteiger partial charge is 0.00595 e. The fourth-order valence-corrected chi connectivity index (χ4v) is 0.187. The SMILES string of the molecule is CC.CCC#CC[NH-].[Y]. The Morgan fingerprint density at radius 1 is 1.22 bits per heavy atom. The van der Waals surface area contributed by atoms with E-state index in [2.05, 4.69) is 11.8 Å². The molecule has 0 aliphatic rings. The first kappa shape index (κ1) is 16.3. The molecule has 0 saturated carbocycles. The first-order valence-corrected chi connectivity index (χ1v) is 3.02. The van der Waals surface area contributed by atoms with Crippen LogP contribution in [0.25, 0.3) is 5.73 Å². The molecule has 0 bridgehead atoms. The van der Waals surface area contributed by atoms with Crippen LogP contribution in [0.4, 0.5) is 0 Å². The van der Waals surface area contributed by atoms with Crippen LogP contribution in [-0.2, 0) is 32.7 Å². The van der Waals surface area contributed by atoms with Crippen molar-refractivity contribution in [3.63, 3.8) is 0 Å². The van der Waals surface area contributed by atoms with Crippen LogP contribution >= 0.6 is 0 Å². The summed E-state index contributed by atoms with van der Waals surface area (Å²) in [6.45, 7) is 6.22. The van der Waals surface area contributed by atoms with Gasteiger partial charge in [0.2, 0.25) is 0 Å². The van der Waals surface area contributed by atoms with Crippen LogP contribution in [0.15, 0.2) is 0 Å². The Hall–Kier alpha value is 0.624. The zero-order valence-corrected chi connectivity index (χ0v) is 9.33. The van der Waals surface area contributed by atoms with E-state index in [9.17, 15) is 0 Å². The molecule has 0 rings (SSSR count). The van der Waals surface area contributed by atoms with Crippen molar-refractivity contribution in [3.8, 4) is 11.8 Å². The summed E-state index contributed by atoms with van der Waals surface area (Å²) in [6, 6.07) is 0. The van der Waals surface area contributed by atoms with Gasteiger partial charge in [0.25, 0.3) is 0 Å². The van der Waals surface area contributed by atoms with Crippen molar-refractivity contribution >= 4 is 0 Å². The van der Waals surface area contributed by atoms with Gasteiger partial charge in [-0.2, -0.15) is 0 Å². The number of nitrogens with one attached hydrogen (secondary N) is 1. The molecule has 0 aromatic carbocycles. The molecular formula is C7H14NY-. The fraction of sp³-hybridized carbons (Fsp3) is 0.714. The minimum atomic E-state index is 0. The summed E-state index contributed by atoms with van der Waals surface area (Å²) in [5.74, 6) is 5.38. The molecule has 0 amide bonds. The fourth-order valence-electron chi connectivity index (χ4n) is 0.187. The van der Waals surface area contributed by atoms with Gasteiger partial charge in [-0.25, -0.2) is 0 Å². The molecule has 0 unspecified atom stereocenters. The van der Waals surface area contributed by atoms with Crippen LogP contribution in [0.2, 0.25) is 0 Å². The van der Waals surface area contributed by atoms with Gasteiger partial charge in [0.1, 0.15) is 0 Å². The van der Waals surface area contributed by atoms with Gasteiger partial charge in [-0.1, -0.05) is 27.3 Å². The zero-order valence-electron chi connectivity index (χ0n) is 6.49. The summed E-state index contributed by atoms with van der Waals surface area (Å²) in [6.07, 6.45) is 0.874. The molecule has 0 atom stereocenters. The molecular weight excluding hydrogens is 187 g/mol. The molecule has 1 radical (unpaired) electrons. The van der Waals surface area contributed by atoms with Gasteiger partial charge in [-0.15, -0.1) is 11.8 Å². The Balaban J connectivity index is -0.000000109. The second-order valence-corrected chi connectivity index (χ2v) is 0.884. The molecule has 0 aromatic heterocycles. The Bertz CT molecular complexity index is 62.7. The van der Waals surface area contributed by atoms with Crippen LogP contribution in [-0.4, -0.2) is 6.54 Å². The molecule has 2 heteroatoms. The Morgan fingerprint density at radius 2 is 1.67 bits per heavy atom. The zero-order chi connectivity index (χ0) is 6.83. The summed E-state index contributed by atoms with van der Waals surface area (Å²) in [5.41, 5.74) is 6.53. The van der Waals surface area contributed by atoms with E-state index < -0.39 is 0 Å². The molecule has 0 spiro atoms. The molecule has 0 aromatic rings. The average molecular weight is 201 g/mol. The number of rotatable bonds is 0. The summed E-state index contributed by atoms with van der Waals surface area (Å²) >= 11 is 0. The second kappa shape index (κ2) is 23.4. The number of hydrogen-bond donors (Lipinski definition) is 0. The first-order chi connectivity index (χ1) is 3.91. The first-order valence-electron chi connectivity index (χ1n) is 3.02. The molecule has 1 N–H and O–H groups in total. The quantitative estimate of drug-likeness (QED) is 0.537. The van der Waals surface area contributed by atoms with Crippen LogP contribution in [0.1, 0.15) is 27.2 Å². The van der Waals surface area contributed by atoms with Crippen molar-refractivity contribution in [2.45, 2.75) is 27.2 Å². The van der Waals surface area contributed by atoms with E-state index in [1.807, 2.05) is 20.8 Å². The van der Waals surface area contributed by atoms with Gasteiger partial charge in [-0.3, -0.25) is 0 Å². The maximum absolute atomic E-state index is 6.53. The van der Waals surface area contributed by atoms with Gasteiger partial charge >= 0.3 is 0 Å². The molecule has 1 nitrogen and oxygen atoms in total. The van der Waals surface area contributed by atoms with Crippen LogP contribution in [0.3, 0.4) is 0 Å². The van der Waals surface area contributed by atoms with Gasteiger partial charge in [0.05, 0.1) is 0 Å². The van der Waals surface area contributed by atoms with Crippen LogP contribution < -0.4 is 0 Å². The molecule has 0 saturated heterocycles. The maximum Gasteiger partial charge on any atom is 0.00595 e. The Kier molecular flexibility index (Phi) is 42.5.